The summed E-state index contributed by atoms with van der Waals surface area (Å²) in [5.41, 5.74) is 6.81. The standard InChI is InChI=1S/C18H30N2O2/c1-5-14(3)20(15(4)6-2)12-7-13-22-18(21)16-8-10-17(19)11-9-16/h8-11,14-15H,5-7,12-13,19H2,1-4H3/t14-,15-/m1/s1. The van der Waals surface area contributed by atoms with E-state index in [0.717, 1.165) is 25.8 Å². The van der Waals surface area contributed by atoms with Gasteiger partial charge in [-0.05, 0) is 57.4 Å². The average Bonchev–Trinajstić information content (AvgIpc) is 2.54. The zero-order valence-corrected chi connectivity index (χ0v) is 14.3. The maximum Gasteiger partial charge on any atom is 0.338 e. The topological polar surface area (TPSA) is 55.6 Å². The number of carbonyl (C=O) groups excluding carboxylic acids is 1. The number of hydrogen-bond acceptors (Lipinski definition) is 4. The van der Waals surface area contributed by atoms with Gasteiger partial charge in [-0.3, -0.25) is 4.90 Å². The van der Waals surface area contributed by atoms with Crippen molar-refractivity contribution in [2.45, 2.75) is 59.0 Å². The van der Waals surface area contributed by atoms with Gasteiger partial charge in [0.2, 0.25) is 0 Å². The zero-order chi connectivity index (χ0) is 16.5. The van der Waals surface area contributed by atoms with Crippen molar-refractivity contribution in [2.75, 3.05) is 18.9 Å². The van der Waals surface area contributed by atoms with E-state index in [2.05, 4.69) is 32.6 Å². The number of nitrogens with zero attached hydrogens (tertiary/aromatic N) is 1. The molecule has 0 aliphatic heterocycles. The monoisotopic (exact) mass is 306 g/mol. The van der Waals surface area contributed by atoms with Crippen LogP contribution in [0.3, 0.4) is 0 Å². The quantitative estimate of drug-likeness (QED) is 0.429. The molecule has 1 aromatic carbocycles. The summed E-state index contributed by atoms with van der Waals surface area (Å²) in [6.07, 6.45) is 3.13. The largest absolute Gasteiger partial charge is 0.462 e. The summed E-state index contributed by atoms with van der Waals surface area (Å²) in [6.45, 7) is 10.3. The molecular weight excluding hydrogens is 276 g/mol. The fraction of sp³-hybridized carbons (Fsp3) is 0.611. The van der Waals surface area contributed by atoms with Crippen LogP contribution >= 0.6 is 0 Å². The molecule has 0 aliphatic carbocycles. The predicted octanol–water partition coefficient (Wildman–Crippen LogP) is 3.71. The second kappa shape index (κ2) is 9.46. The van der Waals surface area contributed by atoms with Crippen LogP contribution in [0.5, 0.6) is 0 Å². The molecule has 4 nitrogen and oxygen atoms in total. The second-order valence-electron chi connectivity index (χ2n) is 5.86. The van der Waals surface area contributed by atoms with E-state index in [9.17, 15) is 4.79 Å². The Morgan fingerprint density at radius 3 is 2.18 bits per heavy atom. The maximum atomic E-state index is 11.9. The summed E-state index contributed by atoms with van der Waals surface area (Å²) in [6, 6.07) is 7.93. The molecule has 2 N–H and O–H groups in total. The molecule has 0 spiro atoms. The van der Waals surface area contributed by atoms with E-state index in [0.29, 0.717) is 29.9 Å². The molecular formula is C18H30N2O2. The SMILES string of the molecule is CC[C@@H](C)N(CCCOC(=O)c1ccc(N)cc1)[C@H](C)CC. The molecule has 2 atom stereocenters. The first-order valence-electron chi connectivity index (χ1n) is 8.28. The van der Waals surface area contributed by atoms with Crippen LogP contribution < -0.4 is 5.73 Å². The summed E-state index contributed by atoms with van der Waals surface area (Å²) < 4.78 is 5.34. The van der Waals surface area contributed by atoms with Crippen molar-refractivity contribution in [1.29, 1.82) is 0 Å². The van der Waals surface area contributed by atoms with Crippen LogP contribution in [0, 0.1) is 0 Å². The molecule has 0 bridgehead atoms. The highest BCUT2D eigenvalue weighted by Crippen LogP contribution is 2.12. The fourth-order valence-electron chi connectivity index (χ4n) is 2.46. The lowest BCUT2D eigenvalue weighted by Gasteiger charge is -2.33. The van der Waals surface area contributed by atoms with Gasteiger partial charge in [0.25, 0.3) is 0 Å². The molecule has 22 heavy (non-hydrogen) atoms. The van der Waals surface area contributed by atoms with Gasteiger partial charge in [0.1, 0.15) is 0 Å². The lowest BCUT2D eigenvalue weighted by molar-refractivity contribution is 0.0470. The summed E-state index contributed by atoms with van der Waals surface area (Å²) in [7, 11) is 0. The molecule has 1 rings (SSSR count). The van der Waals surface area contributed by atoms with Gasteiger partial charge in [-0.2, -0.15) is 0 Å². The molecule has 0 saturated carbocycles. The number of carbonyl (C=O) groups is 1. The van der Waals surface area contributed by atoms with Gasteiger partial charge in [-0.15, -0.1) is 0 Å². The van der Waals surface area contributed by atoms with Crippen LogP contribution in [0.2, 0.25) is 0 Å². The van der Waals surface area contributed by atoms with Crippen LogP contribution in [-0.2, 0) is 4.74 Å². The summed E-state index contributed by atoms with van der Waals surface area (Å²) in [5, 5.41) is 0. The number of nitrogen functional groups attached to an aromatic ring is 1. The van der Waals surface area contributed by atoms with Crippen molar-refractivity contribution in [3.8, 4) is 0 Å². The number of anilines is 1. The Morgan fingerprint density at radius 2 is 1.68 bits per heavy atom. The Hall–Kier alpha value is -1.55. The van der Waals surface area contributed by atoms with Gasteiger partial charge in [0, 0.05) is 24.3 Å². The third kappa shape index (κ3) is 5.68. The van der Waals surface area contributed by atoms with Crippen molar-refractivity contribution in [2.24, 2.45) is 0 Å². The van der Waals surface area contributed by atoms with Crippen molar-refractivity contribution in [3.63, 3.8) is 0 Å². The van der Waals surface area contributed by atoms with Crippen LogP contribution in [0.4, 0.5) is 5.69 Å². The maximum absolute atomic E-state index is 11.9. The lowest BCUT2D eigenvalue weighted by Crippen LogP contribution is -2.40. The second-order valence-corrected chi connectivity index (χ2v) is 5.86. The van der Waals surface area contributed by atoms with E-state index in [1.54, 1.807) is 24.3 Å². The van der Waals surface area contributed by atoms with Gasteiger partial charge < -0.3 is 10.5 Å². The normalized spacial score (nSPS) is 13.9. The van der Waals surface area contributed by atoms with Crippen LogP contribution in [0.15, 0.2) is 24.3 Å². The molecule has 4 heteroatoms. The van der Waals surface area contributed by atoms with E-state index in [1.807, 2.05) is 0 Å². The number of rotatable bonds is 9. The molecule has 0 fully saturated rings. The highest BCUT2D eigenvalue weighted by Gasteiger charge is 2.17. The number of ether oxygens (including phenoxy) is 1. The van der Waals surface area contributed by atoms with Crippen molar-refractivity contribution in [3.05, 3.63) is 29.8 Å². The Bertz CT molecular complexity index is 435. The van der Waals surface area contributed by atoms with E-state index in [4.69, 9.17) is 10.5 Å². The van der Waals surface area contributed by atoms with Gasteiger partial charge in [-0.1, -0.05) is 13.8 Å². The molecule has 0 unspecified atom stereocenters. The number of benzene rings is 1. The predicted molar refractivity (Wildman–Crippen MR) is 92.0 cm³/mol. The van der Waals surface area contributed by atoms with Crippen molar-refractivity contribution < 1.29 is 9.53 Å². The molecule has 0 radical (unpaired) electrons. The number of nitrogens with two attached hydrogens (primary N) is 1. The first-order chi connectivity index (χ1) is 10.5. The molecule has 1 aromatic rings. The lowest BCUT2D eigenvalue weighted by atomic mass is 10.1. The third-order valence-corrected chi connectivity index (χ3v) is 4.25. The number of hydrogen-bond donors (Lipinski definition) is 1. The van der Waals surface area contributed by atoms with Gasteiger partial charge in [0.05, 0.1) is 12.2 Å². The minimum Gasteiger partial charge on any atom is -0.462 e. The average molecular weight is 306 g/mol. The van der Waals surface area contributed by atoms with E-state index < -0.39 is 0 Å². The van der Waals surface area contributed by atoms with Gasteiger partial charge in [-0.25, -0.2) is 4.79 Å². The summed E-state index contributed by atoms with van der Waals surface area (Å²) >= 11 is 0. The van der Waals surface area contributed by atoms with Crippen molar-refractivity contribution in [1.82, 2.24) is 4.90 Å². The van der Waals surface area contributed by atoms with E-state index >= 15 is 0 Å². The first kappa shape index (κ1) is 18.5. The van der Waals surface area contributed by atoms with Crippen LogP contribution in [0.25, 0.3) is 0 Å². The highest BCUT2D eigenvalue weighted by atomic mass is 16.5. The Labute approximate surface area is 134 Å². The Balaban J connectivity index is 2.39. The molecule has 0 heterocycles. The first-order valence-corrected chi connectivity index (χ1v) is 8.28. The third-order valence-electron chi connectivity index (χ3n) is 4.25. The molecule has 0 amide bonds. The van der Waals surface area contributed by atoms with Gasteiger partial charge >= 0.3 is 5.97 Å². The molecule has 0 saturated heterocycles. The minimum absolute atomic E-state index is 0.279. The molecule has 0 aromatic heterocycles. The molecule has 124 valence electrons. The Kier molecular flexibility index (Phi) is 7.96. The van der Waals surface area contributed by atoms with E-state index in [1.165, 1.54) is 0 Å². The van der Waals surface area contributed by atoms with Gasteiger partial charge in [0.15, 0.2) is 0 Å². The Morgan fingerprint density at radius 1 is 1.14 bits per heavy atom. The summed E-state index contributed by atoms with van der Waals surface area (Å²) in [4.78, 5) is 14.4. The minimum atomic E-state index is -0.279. The zero-order valence-electron chi connectivity index (χ0n) is 14.3. The fourth-order valence-corrected chi connectivity index (χ4v) is 2.46. The summed E-state index contributed by atoms with van der Waals surface area (Å²) in [5.74, 6) is -0.279. The highest BCUT2D eigenvalue weighted by molar-refractivity contribution is 5.89. The number of esters is 1. The van der Waals surface area contributed by atoms with Crippen LogP contribution in [-0.4, -0.2) is 36.1 Å². The van der Waals surface area contributed by atoms with Crippen molar-refractivity contribution >= 4 is 11.7 Å². The van der Waals surface area contributed by atoms with Crippen LogP contribution in [0.1, 0.15) is 57.3 Å². The van der Waals surface area contributed by atoms with E-state index in [-0.39, 0.29) is 5.97 Å². The molecule has 0 aliphatic rings. The smallest absolute Gasteiger partial charge is 0.338 e.